The lowest BCUT2D eigenvalue weighted by molar-refractivity contribution is -0.171. The molecule has 1 aliphatic rings. The molecule has 0 spiro atoms. The van der Waals surface area contributed by atoms with E-state index in [9.17, 15) is 8.78 Å². The molecule has 3 N–H and O–H groups in total. The van der Waals surface area contributed by atoms with Crippen molar-refractivity contribution in [3.8, 4) is 0 Å². The fourth-order valence-corrected chi connectivity index (χ4v) is 2.59. The lowest BCUT2D eigenvalue weighted by Crippen LogP contribution is -2.62. The van der Waals surface area contributed by atoms with Crippen LogP contribution < -0.4 is 11.1 Å². The van der Waals surface area contributed by atoms with E-state index in [2.05, 4.69) is 10.3 Å². The third-order valence-corrected chi connectivity index (χ3v) is 4.72. The molecule has 4 nitrogen and oxygen atoms in total. The van der Waals surface area contributed by atoms with Crippen LogP contribution in [-0.4, -0.2) is 24.7 Å². The Morgan fingerprint density at radius 2 is 2.00 bits per heavy atom. The number of anilines is 1. The van der Waals surface area contributed by atoms with Crippen molar-refractivity contribution >= 4 is 35.6 Å². The molecule has 1 fully saturated rings. The maximum Gasteiger partial charge on any atom is 0.193 e. The van der Waals surface area contributed by atoms with Crippen LogP contribution in [0.25, 0.3) is 0 Å². The van der Waals surface area contributed by atoms with E-state index in [4.69, 9.17) is 10.5 Å². The molecule has 0 radical (unpaired) electrons. The summed E-state index contributed by atoms with van der Waals surface area (Å²) in [4.78, 5) is 4.36. The Labute approximate surface area is 146 Å². The van der Waals surface area contributed by atoms with Crippen molar-refractivity contribution in [2.45, 2.75) is 38.8 Å². The van der Waals surface area contributed by atoms with Crippen molar-refractivity contribution in [1.29, 1.82) is 0 Å². The number of hydrogen-bond acceptors (Lipinski definition) is 2. The molecule has 124 valence electrons. The summed E-state index contributed by atoms with van der Waals surface area (Å²) in [6.07, 6.45) is 0.727. The minimum Gasteiger partial charge on any atom is -0.378 e. The summed E-state index contributed by atoms with van der Waals surface area (Å²) in [6, 6.07) is 3.10. The summed E-state index contributed by atoms with van der Waals surface area (Å²) in [7, 11) is 1.67. The van der Waals surface area contributed by atoms with E-state index in [-0.39, 0.29) is 52.7 Å². The fraction of sp³-hybridized carbons (Fsp3) is 0.533. The Bertz CT molecular complexity index is 580. The van der Waals surface area contributed by atoms with Gasteiger partial charge in [-0.15, -0.1) is 24.0 Å². The first kappa shape index (κ1) is 19.1. The number of nitrogens with two attached hydrogens (primary N) is 1. The predicted octanol–water partition coefficient (Wildman–Crippen LogP) is 3.51. The van der Waals surface area contributed by atoms with Crippen LogP contribution in [0.3, 0.4) is 0 Å². The second-order valence-electron chi connectivity index (χ2n) is 6.14. The standard InChI is InChI=1S/C15H21F2N3O.HI/c1-14(2)12(8-15(14,3)21-4)20-13(18)19-11-7-9(16)5-6-10(11)17;/h5-7,12H,8H2,1-4H3,(H3,18,19,20);1H. The van der Waals surface area contributed by atoms with Gasteiger partial charge in [-0.05, 0) is 25.5 Å². The number of hydrogen-bond donors (Lipinski definition) is 2. The number of rotatable bonds is 3. The van der Waals surface area contributed by atoms with Crippen LogP contribution in [0.15, 0.2) is 23.2 Å². The van der Waals surface area contributed by atoms with Crippen LogP contribution in [0.1, 0.15) is 27.2 Å². The Morgan fingerprint density at radius 1 is 1.36 bits per heavy atom. The van der Waals surface area contributed by atoms with E-state index in [1.54, 1.807) is 7.11 Å². The molecule has 22 heavy (non-hydrogen) atoms. The van der Waals surface area contributed by atoms with Gasteiger partial charge in [-0.3, -0.25) is 0 Å². The van der Waals surface area contributed by atoms with Gasteiger partial charge in [-0.1, -0.05) is 13.8 Å². The van der Waals surface area contributed by atoms with Gasteiger partial charge in [0.15, 0.2) is 5.96 Å². The molecular formula is C15H22F2IN3O. The molecule has 1 aliphatic carbocycles. The van der Waals surface area contributed by atoms with Crippen LogP contribution >= 0.6 is 24.0 Å². The zero-order chi connectivity index (χ0) is 15.8. The zero-order valence-corrected chi connectivity index (χ0v) is 15.4. The Balaban J connectivity index is 0.00000242. The van der Waals surface area contributed by atoms with Gasteiger partial charge in [0.1, 0.15) is 11.6 Å². The quantitative estimate of drug-likeness (QED) is 0.443. The topological polar surface area (TPSA) is 59.6 Å². The number of methoxy groups -OCH3 is 1. The molecule has 0 aliphatic heterocycles. The normalized spacial score (nSPS) is 26.8. The summed E-state index contributed by atoms with van der Waals surface area (Å²) >= 11 is 0. The summed E-state index contributed by atoms with van der Waals surface area (Å²) in [5.41, 5.74) is 5.33. The maximum atomic E-state index is 13.5. The average molecular weight is 425 g/mol. The van der Waals surface area contributed by atoms with Gasteiger partial charge in [0.25, 0.3) is 0 Å². The summed E-state index contributed by atoms with van der Waals surface area (Å²) in [6.45, 7) is 6.11. The highest BCUT2D eigenvalue weighted by molar-refractivity contribution is 14.0. The van der Waals surface area contributed by atoms with Crippen molar-refractivity contribution in [3.05, 3.63) is 29.8 Å². The van der Waals surface area contributed by atoms with E-state index in [1.165, 1.54) is 0 Å². The third kappa shape index (κ3) is 3.34. The highest BCUT2D eigenvalue weighted by Gasteiger charge is 2.58. The molecular weight excluding hydrogens is 403 g/mol. The van der Waals surface area contributed by atoms with Crippen LogP contribution in [0.2, 0.25) is 0 Å². The van der Waals surface area contributed by atoms with Gasteiger partial charge in [-0.2, -0.15) is 0 Å². The van der Waals surface area contributed by atoms with Gasteiger partial charge in [0, 0.05) is 18.6 Å². The van der Waals surface area contributed by atoms with E-state index in [0.29, 0.717) is 0 Å². The lowest BCUT2D eigenvalue weighted by atomic mass is 9.56. The number of nitrogens with one attached hydrogen (secondary N) is 1. The van der Waals surface area contributed by atoms with E-state index < -0.39 is 11.6 Å². The van der Waals surface area contributed by atoms with Crippen molar-refractivity contribution in [1.82, 2.24) is 0 Å². The lowest BCUT2D eigenvalue weighted by Gasteiger charge is -2.57. The van der Waals surface area contributed by atoms with Crippen LogP contribution in [0, 0.1) is 17.0 Å². The predicted molar refractivity (Wildman–Crippen MR) is 94.6 cm³/mol. The second kappa shape index (κ2) is 6.66. The zero-order valence-electron chi connectivity index (χ0n) is 13.1. The molecule has 0 amide bonds. The van der Waals surface area contributed by atoms with Crippen molar-refractivity contribution in [2.24, 2.45) is 16.1 Å². The number of ether oxygens (including phenoxy) is 1. The van der Waals surface area contributed by atoms with Crippen molar-refractivity contribution < 1.29 is 13.5 Å². The van der Waals surface area contributed by atoms with E-state index >= 15 is 0 Å². The Hall–Kier alpha value is -0.960. The second-order valence-corrected chi connectivity index (χ2v) is 6.14. The number of halogens is 3. The summed E-state index contributed by atoms with van der Waals surface area (Å²) in [5.74, 6) is -1.05. The third-order valence-electron chi connectivity index (χ3n) is 4.72. The van der Waals surface area contributed by atoms with Gasteiger partial charge in [-0.25, -0.2) is 13.8 Å². The highest BCUT2D eigenvalue weighted by Crippen LogP contribution is 2.53. The molecule has 0 aromatic heterocycles. The van der Waals surface area contributed by atoms with Crippen molar-refractivity contribution in [2.75, 3.05) is 12.4 Å². The van der Waals surface area contributed by atoms with Gasteiger partial charge >= 0.3 is 0 Å². The smallest absolute Gasteiger partial charge is 0.193 e. The Kier molecular flexibility index (Phi) is 5.77. The van der Waals surface area contributed by atoms with E-state index in [0.717, 1.165) is 24.6 Å². The van der Waals surface area contributed by atoms with Gasteiger partial charge < -0.3 is 15.8 Å². The van der Waals surface area contributed by atoms with Crippen molar-refractivity contribution in [3.63, 3.8) is 0 Å². The number of guanidine groups is 1. The van der Waals surface area contributed by atoms with Gasteiger partial charge in [0.05, 0.1) is 17.3 Å². The molecule has 0 saturated heterocycles. The average Bonchev–Trinajstić information content (AvgIpc) is 2.42. The minimum absolute atomic E-state index is 0. The first-order valence-electron chi connectivity index (χ1n) is 6.80. The summed E-state index contributed by atoms with van der Waals surface area (Å²) < 4.78 is 32.2. The minimum atomic E-state index is -0.579. The molecule has 1 saturated carbocycles. The molecule has 0 heterocycles. The molecule has 1 aromatic carbocycles. The van der Waals surface area contributed by atoms with Gasteiger partial charge in [0.2, 0.25) is 0 Å². The van der Waals surface area contributed by atoms with E-state index in [1.807, 2.05) is 20.8 Å². The monoisotopic (exact) mass is 425 g/mol. The fourth-order valence-electron chi connectivity index (χ4n) is 2.59. The van der Waals surface area contributed by atoms with Crippen LogP contribution in [0.4, 0.5) is 14.5 Å². The number of nitrogens with zero attached hydrogens (tertiary/aromatic N) is 1. The largest absolute Gasteiger partial charge is 0.378 e. The SMILES string of the molecule is COC1(C)CC(N=C(N)Nc2cc(F)ccc2F)C1(C)C.I. The Morgan fingerprint density at radius 3 is 2.55 bits per heavy atom. The highest BCUT2D eigenvalue weighted by atomic mass is 127. The number of benzene rings is 1. The van der Waals surface area contributed by atoms with Crippen LogP contribution in [-0.2, 0) is 4.74 Å². The molecule has 7 heteroatoms. The number of aliphatic imine (C=N–C) groups is 1. The van der Waals surface area contributed by atoms with Crippen LogP contribution in [0.5, 0.6) is 0 Å². The molecule has 2 rings (SSSR count). The molecule has 1 aromatic rings. The molecule has 0 bridgehead atoms. The molecule has 2 atom stereocenters. The first-order valence-corrected chi connectivity index (χ1v) is 6.80. The molecule has 2 unspecified atom stereocenters. The maximum absolute atomic E-state index is 13.5. The first-order chi connectivity index (χ1) is 9.69. The summed E-state index contributed by atoms with van der Waals surface area (Å²) in [5, 5.41) is 2.61.